The van der Waals surface area contributed by atoms with Crippen LogP contribution < -0.4 is 4.90 Å². The van der Waals surface area contributed by atoms with E-state index in [0.29, 0.717) is 12.1 Å². The number of amides is 1. The van der Waals surface area contributed by atoms with Crippen LogP contribution in [0.3, 0.4) is 0 Å². The van der Waals surface area contributed by atoms with E-state index in [-0.39, 0.29) is 11.2 Å². The maximum Gasteiger partial charge on any atom is 0.240 e. The largest absolute Gasteiger partial charge is 0.306 e. The minimum atomic E-state index is -0.126. The summed E-state index contributed by atoms with van der Waals surface area (Å²) in [7, 11) is 0. The molecule has 0 spiro atoms. The fourth-order valence-corrected chi connectivity index (χ4v) is 3.05. The highest BCUT2D eigenvalue weighted by molar-refractivity contribution is 8.01. The zero-order chi connectivity index (χ0) is 13.3. The van der Waals surface area contributed by atoms with Gasteiger partial charge in [0.1, 0.15) is 6.29 Å². The first kappa shape index (κ1) is 12.9. The number of hydrogen-bond donors (Lipinski definition) is 0. The van der Waals surface area contributed by atoms with E-state index < -0.39 is 0 Å². The molecular formula is C14H15NO2S. The van der Waals surface area contributed by atoms with Crippen LogP contribution in [0.15, 0.2) is 35.2 Å². The van der Waals surface area contributed by atoms with E-state index in [1.807, 2.05) is 26.0 Å². The van der Waals surface area contributed by atoms with Crippen LogP contribution in [0.2, 0.25) is 0 Å². The highest BCUT2D eigenvalue weighted by Gasteiger charge is 2.30. The quantitative estimate of drug-likeness (QED) is 0.620. The predicted molar refractivity (Wildman–Crippen MR) is 74.3 cm³/mol. The van der Waals surface area contributed by atoms with Crippen molar-refractivity contribution in [3.05, 3.63) is 35.9 Å². The zero-order valence-electron chi connectivity index (χ0n) is 10.5. The number of carbonyl (C=O) groups is 2. The molecule has 1 unspecified atom stereocenters. The number of thioether (sulfide) groups is 1. The first-order chi connectivity index (χ1) is 8.52. The molecule has 1 aliphatic heterocycles. The molecule has 1 aliphatic rings. The Morgan fingerprint density at radius 3 is 2.89 bits per heavy atom. The highest BCUT2D eigenvalue weighted by Crippen LogP contribution is 2.39. The molecule has 0 saturated heterocycles. The van der Waals surface area contributed by atoms with Crippen molar-refractivity contribution in [2.45, 2.75) is 24.0 Å². The molecule has 94 valence electrons. The van der Waals surface area contributed by atoms with Gasteiger partial charge in [0.2, 0.25) is 5.91 Å². The minimum Gasteiger partial charge on any atom is -0.306 e. The standard InChI is InChI=1S/C14H15NO2S/c1-9(2)7-15-12-5-4-11(8-16)6-13(12)18-10(3)14(15)17/h4-6,8,10H,1,7H2,2-3H3. The molecule has 0 radical (unpaired) electrons. The summed E-state index contributed by atoms with van der Waals surface area (Å²) < 4.78 is 0. The molecule has 1 amide bonds. The van der Waals surface area contributed by atoms with Crippen molar-refractivity contribution in [2.24, 2.45) is 0 Å². The van der Waals surface area contributed by atoms with Crippen LogP contribution in [0, 0.1) is 0 Å². The van der Waals surface area contributed by atoms with Gasteiger partial charge in [-0.25, -0.2) is 0 Å². The number of aldehydes is 1. The molecule has 1 aromatic carbocycles. The van der Waals surface area contributed by atoms with Gasteiger partial charge in [-0.3, -0.25) is 9.59 Å². The van der Waals surface area contributed by atoms with E-state index >= 15 is 0 Å². The smallest absolute Gasteiger partial charge is 0.240 e. The third-order valence-electron chi connectivity index (χ3n) is 2.76. The summed E-state index contributed by atoms with van der Waals surface area (Å²) >= 11 is 1.50. The van der Waals surface area contributed by atoms with Gasteiger partial charge in [-0.2, -0.15) is 0 Å². The van der Waals surface area contributed by atoms with E-state index in [0.717, 1.165) is 22.4 Å². The lowest BCUT2D eigenvalue weighted by atomic mass is 10.1. The fourth-order valence-electron chi connectivity index (χ4n) is 1.93. The van der Waals surface area contributed by atoms with Crippen LogP contribution in [0.1, 0.15) is 24.2 Å². The molecule has 0 fully saturated rings. The molecule has 0 saturated carbocycles. The Morgan fingerprint density at radius 2 is 2.28 bits per heavy atom. The molecule has 18 heavy (non-hydrogen) atoms. The Kier molecular flexibility index (Phi) is 3.57. The van der Waals surface area contributed by atoms with Crippen molar-refractivity contribution < 1.29 is 9.59 Å². The molecule has 0 bridgehead atoms. The maximum absolute atomic E-state index is 12.2. The first-order valence-corrected chi connectivity index (χ1v) is 6.62. The Hall–Kier alpha value is -1.55. The SMILES string of the molecule is C=C(C)CN1C(=O)C(C)Sc2cc(C=O)ccc21. The minimum absolute atomic E-state index is 0.0920. The molecule has 4 heteroatoms. The van der Waals surface area contributed by atoms with Crippen LogP contribution >= 0.6 is 11.8 Å². The van der Waals surface area contributed by atoms with Crippen molar-refractivity contribution in [1.82, 2.24) is 0 Å². The second-order valence-corrected chi connectivity index (χ2v) is 5.87. The van der Waals surface area contributed by atoms with Gasteiger partial charge in [0, 0.05) is 17.0 Å². The van der Waals surface area contributed by atoms with E-state index in [4.69, 9.17) is 0 Å². The first-order valence-electron chi connectivity index (χ1n) is 5.74. The normalized spacial score (nSPS) is 18.4. The average molecular weight is 261 g/mol. The van der Waals surface area contributed by atoms with Crippen molar-refractivity contribution in [3.63, 3.8) is 0 Å². The van der Waals surface area contributed by atoms with E-state index in [1.54, 1.807) is 11.0 Å². The van der Waals surface area contributed by atoms with Crippen LogP contribution in [0.5, 0.6) is 0 Å². The molecule has 1 atom stereocenters. The van der Waals surface area contributed by atoms with Crippen LogP contribution in [-0.2, 0) is 4.79 Å². The van der Waals surface area contributed by atoms with Gasteiger partial charge in [-0.05, 0) is 32.0 Å². The number of anilines is 1. The van der Waals surface area contributed by atoms with Gasteiger partial charge in [-0.1, -0.05) is 12.2 Å². The van der Waals surface area contributed by atoms with Crippen molar-refractivity contribution in [1.29, 1.82) is 0 Å². The van der Waals surface area contributed by atoms with Gasteiger partial charge < -0.3 is 4.90 Å². The van der Waals surface area contributed by atoms with Gasteiger partial charge in [0.05, 0.1) is 10.9 Å². The summed E-state index contributed by atoms with van der Waals surface area (Å²) in [4.78, 5) is 25.7. The molecule has 2 rings (SSSR count). The number of hydrogen-bond acceptors (Lipinski definition) is 3. The lowest BCUT2D eigenvalue weighted by Gasteiger charge is -2.32. The second kappa shape index (κ2) is 4.98. The number of rotatable bonds is 3. The van der Waals surface area contributed by atoms with Gasteiger partial charge >= 0.3 is 0 Å². The van der Waals surface area contributed by atoms with Crippen LogP contribution in [0.25, 0.3) is 0 Å². The van der Waals surface area contributed by atoms with Crippen molar-refractivity contribution >= 4 is 29.6 Å². The summed E-state index contributed by atoms with van der Waals surface area (Å²) in [5.74, 6) is 0.0920. The fraction of sp³-hybridized carbons (Fsp3) is 0.286. The summed E-state index contributed by atoms with van der Waals surface area (Å²) in [5, 5.41) is -0.126. The molecular weight excluding hydrogens is 246 g/mol. The van der Waals surface area contributed by atoms with E-state index in [9.17, 15) is 9.59 Å². The Bertz CT molecular complexity index is 525. The molecule has 0 aromatic heterocycles. The summed E-state index contributed by atoms with van der Waals surface area (Å²) in [5.41, 5.74) is 2.45. The van der Waals surface area contributed by atoms with Crippen molar-refractivity contribution in [3.8, 4) is 0 Å². The highest BCUT2D eigenvalue weighted by atomic mass is 32.2. The lowest BCUT2D eigenvalue weighted by molar-refractivity contribution is -0.117. The van der Waals surface area contributed by atoms with E-state index in [1.165, 1.54) is 11.8 Å². The Morgan fingerprint density at radius 1 is 1.56 bits per heavy atom. The lowest BCUT2D eigenvalue weighted by Crippen LogP contribution is -2.40. The average Bonchev–Trinajstić information content (AvgIpc) is 2.33. The topological polar surface area (TPSA) is 37.4 Å². The second-order valence-electron chi connectivity index (χ2n) is 4.49. The Balaban J connectivity index is 2.46. The molecule has 1 aromatic rings. The van der Waals surface area contributed by atoms with E-state index in [2.05, 4.69) is 6.58 Å². The summed E-state index contributed by atoms with van der Waals surface area (Å²) in [6.45, 7) is 8.17. The van der Waals surface area contributed by atoms with Crippen LogP contribution in [-0.4, -0.2) is 24.0 Å². The zero-order valence-corrected chi connectivity index (χ0v) is 11.3. The van der Waals surface area contributed by atoms with Gasteiger partial charge in [0.25, 0.3) is 0 Å². The predicted octanol–water partition coefficient (Wildman–Crippen LogP) is 2.90. The summed E-state index contributed by atoms with van der Waals surface area (Å²) in [6, 6.07) is 5.40. The molecule has 0 aliphatic carbocycles. The number of benzene rings is 1. The molecule has 1 heterocycles. The van der Waals surface area contributed by atoms with Gasteiger partial charge in [0.15, 0.2) is 0 Å². The molecule has 0 N–H and O–H groups in total. The number of carbonyl (C=O) groups excluding carboxylic acids is 2. The third kappa shape index (κ3) is 2.34. The Labute approximate surface area is 111 Å². The monoisotopic (exact) mass is 261 g/mol. The number of fused-ring (bicyclic) bond motifs is 1. The molecule has 3 nitrogen and oxygen atoms in total. The number of nitrogens with zero attached hydrogens (tertiary/aromatic N) is 1. The van der Waals surface area contributed by atoms with Crippen LogP contribution in [0.4, 0.5) is 5.69 Å². The summed E-state index contributed by atoms with van der Waals surface area (Å²) in [6.07, 6.45) is 0.824. The third-order valence-corrected chi connectivity index (χ3v) is 3.89. The van der Waals surface area contributed by atoms with Gasteiger partial charge in [-0.15, -0.1) is 11.8 Å². The van der Waals surface area contributed by atoms with Crippen molar-refractivity contribution in [2.75, 3.05) is 11.4 Å². The maximum atomic E-state index is 12.2.